The Kier molecular flexibility index (Phi) is 1.10. The largest absolute Gasteiger partial charge is 0.381 e. The Morgan fingerprint density at radius 3 is 2.11 bits per heavy atom. The molecule has 0 aromatic rings. The summed E-state index contributed by atoms with van der Waals surface area (Å²) in [7, 11) is 0. The van der Waals surface area contributed by atoms with Crippen molar-refractivity contribution in [2.75, 3.05) is 13.2 Å². The van der Waals surface area contributed by atoms with E-state index in [1.165, 1.54) is 0 Å². The quantitative estimate of drug-likeness (QED) is 0.517. The van der Waals surface area contributed by atoms with Gasteiger partial charge in [0.1, 0.15) is 0 Å². The maximum absolute atomic E-state index is 5.29. The lowest BCUT2D eigenvalue weighted by Gasteiger charge is -2.05. The molecule has 0 N–H and O–H groups in total. The summed E-state index contributed by atoms with van der Waals surface area (Å²) in [6, 6.07) is 0. The zero-order valence-corrected chi connectivity index (χ0v) is 6.13. The molecule has 0 aromatic carbocycles. The maximum Gasteiger partial charge on any atom is 0.0500 e. The van der Waals surface area contributed by atoms with E-state index in [4.69, 9.17) is 4.74 Å². The zero-order valence-electron chi connectivity index (χ0n) is 6.13. The molecule has 2 rings (SSSR count). The number of rotatable bonds is 1. The molecule has 3 atom stereocenters. The minimum absolute atomic E-state index is 0.892. The van der Waals surface area contributed by atoms with Crippen LogP contribution in [-0.2, 0) is 4.74 Å². The maximum atomic E-state index is 5.29. The van der Waals surface area contributed by atoms with Crippen LogP contribution in [-0.4, -0.2) is 13.2 Å². The number of ether oxygens (including phenoxy) is 1. The molecule has 0 radical (unpaired) electrons. The van der Waals surface area contributed by atoms with Crippen LogP contribution in [0.15, 0.2) is 0 Å². The zero-order chi connectivity index (χ0) is 6.43. The number of fused-ring (bicyclic) bond motifs is 1. The minimum atomic E-state index is 0.892. The molecule has 9 heavy (non-hydrogen) atoms. The Morgan fingerprint density at radius 2 is 1.78 bits per heavy atom. The molecule has 1 nitrogen and oxygen atoms in total. The smallest absolute Gasteiger partial charge is 0.0500 e. The van der Waals surface area contributed by atoms with Gasteiger partial charge >= 0.3 is 0 Å². The van der Waals surface area contributed by atoms with Gasteiger partial charge in [0, 0.05) is 0 Å². The highest BCUT2D eigenvalue weighted by molar-refractivity contribution is 5.01. The van der Waals surface area contributed by atoms with Gasteiger partial charge < -0.3 is 4.74 Å². The average molecular weight is 126 g/mol. The molecule has 0 aromatic heterocycles. The van der Waals surface area contributed by atoms with E-state index in [9.17, 15) is 0 Å². The second kappa shape index (κ2) is 1.72. The van der Waals surface area contributed by atoms with E-state index in [1.54, 1.807) is 0 Å². The molecule has 0 amide bonds. The fourth-order valence-corrected chi connectivity index (χ4v) is 2.27. The third-order valence-electron chi connectivity index (χ3n) is 2.79. The first-order valence-electron chi connectivity index (χ1n) is 3.88. The molecule has 1 heterocycles. The minimum Gasteiger partial charge on any atom is -0.381 e. The van der Waals surface area contributed by atoms with E-state index >= 15 is 0 Å². The summed E-state index contributed by atoms with van der Waals surface area (Å²) in [6.07, 6.45) is 0. The molecule has 0 spiro atoms. The van der Waals surface area contributed by atoms with Crippen LogP contribution in [0, 0.1) is 23.7 Å². The third-order valence-corrected chi connectivity index (χ3v) is 2.79. The van der Waals surface area contributed by atoms with E-state index in [-0.39, 0.29) is 0 Å². The van der Waals surface area contributed by atoms with E-state index in [2.05, 4.69) is 13.8 Å². The summed E-state index contributed by atoms with van der Waals surface area (Å²) < 4.78 is 5.29. The van der Waals surface area contributed by atoms with E-state index in [1.807, 2.05) is 0 Å². The average Bonchev–Trinajstić information content (AvgIpc) is 2.30. The first kappa shape index (κ1) is 5.72. The van der Waals surface area contributed by atoms with Crippen molar-refractivity contribution in [3.05, 3.63) is 0 Å². The van der Waals surface area contributed by atoms with Crippen LogP contribution < -0.4 is 0 Å². The summed E-state index contributed by atoms with van der Waals surface area (Å²) in [5, 5.41) is 0. The van der Waals surface area contributed by atoms with Crippen LogP contribution in [0.1, 0.15) is 13.8 Å². The van der Waals surface area contributed by atoms with Crippen molar-refractivity contribution in [1.29, 1.82) is 0 Å². The Morgan fingerprint density at radius 1 is 1.22 bits per heavy atom. The van der Waals surface area contributed by atoms with Crippen LogP contribution in [0.5, 0.6) is 0 Å². The first-order chi connectivity index (χ1) is 4.30. The van der Waals surface area contributed by atoms with Crippen molar-refractivity contribution in [1.82, 2.24) is 0 Å². The number of hydrogen-bond donors (Lipinski definition) is 0. The Balaban J connectivity index is 1.94. The van der Waals surface area contributed by atoms with Crippen LogP contribution in [0.3, 0.4) is 0 Å². The molecule has 1 saturated carbocycles. The van der Waals surface area contributed by atoms with Crippen LogP contribution in [0.2, 0.25) is 0 Å². The highest BCUT2D eigenvalue weighted by Gasteiger charge is 2.54. The Labute approximate surface area is 56.4 Å². The third kappa shape index (κ3) is 0.710. The molecule has 1 aliphatic heterocycles. The van der Waals surface area contributed by atoms with Gasteiger partial charge in [0.05, 0.1) is 13.2 Å². The Hall–Kier alpha value is -0.0400. The molecule has 1 saturated heterocycles. The standard InChI is InChI=1S/C8H14O/c1-5(2)8-6-3-9-4-7(6)8/h5-8H,3-4H2,1-2H3/t6-,7+,8?. The van der Waals surface area contributed by atoms with Gasteiger partial charge in [-0.2, -0.15) is 0 Å². The van der Waals surface area contributed by atoms with Gasteiger partial charge in [-0.15, -0.1) is 0 Å². The van der Waals surface area contributed by atoms with Crippen molar-refractivity contribution in [3.63, 3.8) is 0 Å². The molecule has 1 heteroatoms. The van der Waals surface area contributed by atoms with E-state index in [0.717, 1.165) is 36.9 Å². The van der Waals surface area contributed by atoms with Gasteiger partial charge in [-0.3, -0.25) is 0 Å². The van der Waals surface area contributed by atoms with Gasteiger partial charge in [0.25, 0.3) is 0 Å². The SMILES string of the molecule is CC(C)C1[C@H]2COC[C@@H]12. The van der Waals surface area contributed by atoms with Crippen LogP contribution >= 0.6 is 0 Å². The normalized spacial score (nSPS) is 47.7. The van der Waals surface area contributed by atoms with E-state index in [0.29, 0.717) is 0 Å². The van der Waals surface area contributed by atoms with Gasteiger partial charge in [-0.05, 0) is 23.7 Å². The molecular weight excluding hydrogens is 112 g/mol. The molecule has 0 bridgehead atoms. The van der Waals surface area contributed by atoms with Crippen molar-refractivity contribution in [2.24, 2.45) is 23.7 Å². The van der Waals surface area contributed by atoms with Gasteiger partial charge in [0.2, 0.25) is 0 Å². The molecular formula is C8H14O. The Bertz CT molecular complexity index is 110. The van der Waals surface area contributed by atoms with Crippen molar-refractivity contribution < 1.29 is 4.74 Å². The highest BCUT2D eigenvalue weighted by atomic mass is 16.5. The summed E-state index contributed by atoms with van der Waals surface area (Å²) in [5.41, 5.74) is 0. The van der Waals surface area contributed by atoms with Gasteiger partial charge in [-0.25, -0.2) is 0 Å². The lowest BCUT2D eigenvalue weighted by molar-refractivity contribution is 0.143. The summed E-state index contributed by atoms with van der Waals surface area (Å²) in [4.78, 5) is 0. The van der Waals surface area contributed by atoms with Crippen LogP contribution in [0.25, 0.3) is 0 Å². The lowest BCUT2D eigenvalue weighted by Crippen LogP contribution is -2.03. The second-order valence-corrected chi connectivity index (χ2v) is 3.69. The monoisotopic (exact) mass is 126 g/mol. The van der Waals surface area contributed by atoms with Crippen molar-refractivity contribution in [3.8, 4) is 0 Å². The van der Waals surface area contributed by atoms with Gasteiger partial charge in [-0.1, -0.05) is 13.8 Å². The van der Waals surface area contributed by atoms with Crippen molar-refractivity contribution >= 4 is 0 Å². The summed E-state index contributed by atoms with van der Waals surface area (Å²) in [5.74, 6) is 3.80. The fourth-order valence-electron chi connectivity index (χ4n) is 2.27. The predicted molar refractivity (Wildman–Crippen MR) is 36.1 cm³/mol. The highest BCUT2D eigenvalue weighted by Crippen LogP contribution is 2.54. The molecule has 1 unspecified atom stereocenters. The predicted octanol–water partition coefficient (Wildman–Crippen LogP) is 1.53. The number of hydrogen-bond acceptors (Lipinski definition) is 1. The lowest BCUT2D eigenvalue weighted by atomic mass is 10.1. The molecule has 52 valence electrons. The fraction of sp³-hybridized carbons (Fsp3) is 1.00. The van der Waals surface area contributed by atoms with Crippen LogP contribution in [0.4, 0.5) is 0 Å². The summed E-state index contributed by atoms with van der Waals surface area (Å²) >= 11 is 0. The van der Waals surface area contributed by atoms with E-state index < -0.39 is 0 Å². The topological polar surface area (TPSA) is 9.23 Å². The summed E-state index contributed by atoms with van der Waals surface area (Å²) in [6.45, 7) is 6.74. The molecule has 2 aliphatic rings. The van der Waals surface area contributed by atoms with Crippen molar-refractivity contribution in [2.45, 2.75) is 13.8 Å². The first-order valence-corrected chi connectivity index (χ1v) is 3.88. The molecule has 1 aliphatic carbocycles. The van der Waals surface area contributed by atoms with Gasteiger partial charge in [0.15, 0.2) is 0 Å². The second-order valence-electron chi connectivity index (χ2n) is 3.69. The molecule has 2 fully saturated rings.